The number of nitrogens with zero attached hydrogens (tertiary/aromatic N) is 2. The van der Waals surface area contributed by atoms with Gasteiger partial charge in [0.15, 0.2) is 6.29 Å². The van der Waals surface area contributed by atoms with E-state index in [0.717, 1.165) is 33.3 Å². The lowest BCUT2D eigenvalue weighted by Crippen LogP contribution is -1.92. The van der Waals surface area contributed by atoms with Crippen LogP contribution in [0.5, 0.6) is 0 Å². The molecule has 0 aliphatic carbocycles. The highest BCUT2D eigenvalue weighted by Crippen LogP contribution is 2.37. The number of nitrogens with one attached hydrogen (secondary N) is 1. The smallest absolute Gasteiger partial charge is 0.265 e. The molecule has 5 aromatic rings. The lowest BCUT2D eigenvalue weighted by molar-refractivity contribution is 0.112. The Balaban J connectivity index is 1.71. The molecule has 3 heterocycles. The fourth-order valence-corrected chi connectivity index (χ4v) is 3.91. The average Bonchev–Trinajstić information content (AvgIpc) is 3.21. The zero-order chi connectivity index (χ0) is 21.5. The Kier molecular flexibility index (Phi) is 4.55. The van der Waals surface area contributed by atoms with Crippen LogP contribution in [-0.4, -0.2) is 21.2 Å². The Bertz CT molecular complexity index is 1440. The fraction of sp³-hybridized carbons (Fsp3) is 0.0800. The molecule has 0 fully saturated rings. The molecule has 0 aliphatic heterocycles. The predicted octanol–water partition coefficient (Wildman–Crippen LogP) is 6.50. The van der Waals surface area contributed by atoms with Crippen LogP contribution in [0.1, 0.15) is 28.0 Å². The van der Waals surface area contributed by atoms with Gasteiger partial charge in [-0.25, -0.2) is 8.78 Å². The van der Waals surface area contributed by atoms with Crippen LogP contribution in [0.4, 0.5) is 8.78 Å². The number of aromatic amines is 1. The number of alkyl halides is 2. The first-order valence-electron chi connectivity index (χ1n) is 9.75. The van der Waals surface area contributed by atoms with Gasteiger partial charge in [-0.05, 0) is 53.8 Å². The normalized spacial score (nSPS) is 11.5. The van der Waals surface area contributed by atoms with Gasteiger partial charge in [0, 0.05) is 51.7 Å². The first kappa shape index (κ1) is 19.1. The standard InChI is InChI=1S/C25H17F2N3O/c1-14-5-6-16(10-28-14)23-9-15-3-2-4-19(22(15)12-29-23)17-7-20-18(13-31)11-30-24(20)21(8-17)25(26)27/h2-13,25,30H,1H3. The number of H-pyrrole nitrogens is 1. The van der Waals surface area contributed by atoms with Gasteiger partial charge in [-0.2, -0.15) is 0 Å². The highest BCUT2D eigenvalue weighted by Gasteiger charge is 2.18. The van der Waals surface area contributed by atoms with Crippen LogP contribution in [0.2, 0.25) is 0 Å². The maximum atomic E-state index is 13.8. The molecule has 0 saturated heterocycles. The van der Waals surface area contributed by atoms with Crippen LogP contribution in [0.25, 0.3) is 44.1 Å². The molecule has 0 saturated carbocycles. The molecular weight excluding hydrogens is 396 g/mol. The molecule has 0 aliphatic rings. The van der Waals surface area contributed by atoms with Gasteiger partial charge in [-0.3, -0.25) is 14.8 Å². The molecule has 0 radical (unpaired) electrons. The molecular formula is C25H17F2N3O. The summed E-state index contributed by atoms with van der Waals surface area (Å²) in [5.74, 6) is 0. The molecule has 0 atom stereocenters. The first-order chi connectivity index (χ1) is 15.0. The van der Waals surface area contributed by atoms with Crippen LogP contribution >= 0.6 is 0 Å². The van der Waals surface area contributed by atoms with Crippen molar-refractivity contribution < 1.29 is 13.6 Å². The topological polar surface area (TPSA) is 58.6 Å². The minimum Gasteiger partial charge on any atom is -0.360 e. The second-order valence-electron chi connectivity index (χ2n) is 7.44. The monoisotopic (exact) mass is 413 g/mol. The number of benzene rings is 2. The van der Waals surface area contributed by atoms with Gasteiger partial charge in [0.05, 0.1) is 11.2 Å². The van der Waals surface area contributed by atoms with E-state index >= 15 is 0 Å². The molecule has 0 unspecified atom stereocenters. The molecule has 1 N–H and O–H groups in total. The van der Waals surface area contributed by atoms with Crippen molar-refractivity contribution in [1.82, 2.24) is 15.0 Å². The van der Waals surface area contributed by atoms with Gasteiger partial charge < -0.3 is 4.98 Å². The number of aldehydes is 1. The first-order valence-corrected chi connectivity index (χ1v) is 9.75. The number of fused-ring (bicyclic) bond motifs is 2. The summed E-state index contributed by atoms with van der Waals surface area (Å²) >= 11 is 0. The zero-order valence-corrected chi connectivity index (χ0v) is 16.6. The van der Waals surface area contributed by atoms with Crippen LogP contribution in [0.3, 0.4) is 0 Å². The van der Waals surface area contributed by atoms with Crippen LogP contribution in [0, 0.1) is 6.92 Å². The molecule has 31 heavy (non-hydrogen) atoms. The molecule has 5 rings (SSSR count). The van der Waals surface area contributed by atoms with Crippen molar-refractivity contribution in [1.29, 1.82) is 0 Å². The van der Waals surface area contributed by atoms with Gasteiger partial charge in [-0.1, -0.05) is 18.2 Å². The minimum absolute atomic E-state index is 0.132. The van der Waals surface area contributed by atoms with E-state index in [1.54, 1.807) is 18.5 Å². The Hall–Kier alpha value is -3.93. The Labute approximate surface area is 176 Å². The third kappa shape index (κ3) is 3.26. The van der Waals surface area contributed by atoms with Crippen molar-refractivity contribution >= 4 is 28.0 Å². The number of aromatic nitrogens is 3. The second kappa shape index (κ2) is 7.40. The number of pyridine rings is 2. The fourth-order valence-electron chi connectivity index (χ4n) is 3.91. The van der Waals surface area contributed by atoms with E-state index in [0.29, 0.717) is 22.8 Å². The molecule has 3 aromatic heterocycles. The maximum absolute atomic E-state index is 13.8. The maximum Gasteiger partial charge on any atom is 0.265 e. The largest absolute Gasteiger partial charge is 0.360 e. The van der Waals surface area contributed by atoms with Crippen LogP contribution in [-0.2, 0) is 0 Å². The summed E-state index contributed by atoms with van der Waals surface area (Å²) < 4.78 is 27.5. The molecule has 6 heteroatoms. The zero-order valence-electron chi connectivity index (χ0n) is 16.6. The summed E-state index contributed by atoms with van der Waals surface area (Å²) in [5, 5.41) is 2.26. The third-order valence-corrected chi connectivity index (χ3v) is 5.50. The Morgan fingerprint density at radius 3 is 2.58 bits per heavy atom. The van der Waals surface area contributed by atoms with Crippen LogP contribution in [0.15, 0.2) is 67.1 Å². The van der Waals surface area contributed by atoms with Crippen molar-refractivity contribution in [2.45, 2.75) is 13.3 Å². The summed E-state index contributed by atoms with van der Waals surface area (Å²) in [6, 6.07) is 14.8. The van der Waals surface area contributed by atoms with Crippen LogP contribution < -0.4 is 0 Å². The average molecular weight is 413 g/mol. The van der Waals surface area contributed by atoms with E-state index in [2.05, 4.69) is 15.0 Å². The van der Waals surface area contributed by atoms with E-state index in [9.17, 15) is 13.6 Å². The predicted molar refractivity (Wildman–Crippen MR) is 117 cm³/mol. The van der Waals surface area contributed by atoms with E-state index in [1.165, 1.54) is 12.3 Å². The van der Waals surface area contributed by atoms with Crippen molar-refractivity contribution in [3.63, 3.8) is 0 Å². The van der Waals surface area contributed by atoms with Gasteiger partial charge in [0.25, 0.3) is 6.43 Å². The lowest BCUT2D eigenvalue weighted by Gasteiger charge is -2.11. The lowest BCUT2D eigenvalue weighted by atomic mass is 9.95. The number of halogens is 2. The molecule has 0 spiro atoms. The quantitative estimate of drug-likeness (QED) is 0.342. The molecule has 152 valence electrons. The second-order valence-corrected chi connectivity index (χ2v) is 7.44. The van der Waals surface area contributed by atoms with Gasteiger partial charge >= 0.3 is 0 Å². The molecule has 4 nitrogen and oxygen atoms in total. The van der Waals surface area contributed by atoms with Crippen molar-refractivity contribution in [2.75, 3.05) is 0 Å². The SMILES string of the molecule is Cc1ccc(-c2cc3cccc(-c4cc(C(F)F)c5[nH]cc(C=O)c5c4)c3cn2)cn1. The van der Waals surface area contributed by atoms with Gasteiger partial charge in [0.2, 0.25) is 0 Å². The summed E-state index contributed by atoms with van der Waals surface area (Å²) in [4.78, 5) is 23.1. The number of carbonyl (C=O) groups is 1. The Morgan fingerprint density at radius 1 is 0.968 bits per heavy atom. The number of carbonyl (C=O) groups excluding carboxylic acids is 1. The van der Waals surface area contributed by atoms with E-state index in [1.807, 2.05) is 43.3 Å². The van der Waals surface area contributed by atoms with Crippen molar-refractivity contribution in [3.8, 4) is 22.4 Å². The van der Waals surface area contributed by atoms with E-state index in [4.69, 9.17) is 0 Å². The minimum atomic E-state index is -2.67. The van der Waals surface area contributed by atoms with E-state index in [-0.39, 0.29) is 11.1 Å². The van der Waals surface area contributed by atoms with Gasteiger partial charge in [0.1, 0.15) is 0 Å². The van der Waals surface area contributed by atoms with Crippen molar-refractivity contribution in [2.24, 2.45) is 0 Å². The third-order valence-electron chi connectivity index (χ3n) is 5.50. The summed E-state index contributed by atoms with van der Waals surface area (Å²) in [7, 11) is 0. The molecule has 0 bridgehead atoms. The van der Waals surface area contributed by atoms with E-state index < -0.39 is 6.43 Å². The number of hydrogen-bond acceptors (Lipinski definition) is 3. The molecule has 0 amide bonds. The molecule has 2 aromatic carbocycles. The highest BCUT2D eigenvalue weighted by molar-refractivity contribution is 6.04. The van der Waals surface area contributed by atoms with Gasteiger partial charge in [-0.15, -0.1) is 0 Å². The summed E-state index contributed by atoms with van der Waals surface area (Å²) in [6.45, 7) is 1.93. The Morgan fingerprint density at radius 2 is 1.84 bits per heavy atom. The highest BCUT2D eigenvalue weighted by atomic mass is 19.3. The number of hydrogen-bond donors (Lipinski definition) is 1. The summed E-state index contributed by atoms with van der Waals surface area (Å²) in [6.07, 6.45) is 2.99. The number of aryl methyl sites for hydroxylation is 1. The van der Waals surface area contributed by atoms with Crippen molar-refractivity contribution in [3.05, 3.63) is 83.9 Å². The summed E-state index contributed by atoms with van der Waals surface area (Å²) in [5.41, 5.74) is 4.52. The number of rotatable bonds is 4.